The molecule has 0 aliphatic carbocycles. The van der Waals surface area contributed by atoms with E-state index in [1.165, 1.54) is 42.5 Å². The van der Waals surface area contributed by atoms with Gasteiger partial charge in [-0.05, 0) is 18.2 Å². The fraction of sp³-hybridized carbons (Fsp3) is 0.0833. The topological polar surface area (TPSA) is 46.1 Å². The summed E-state index contributed by atoms with van der Waals surface area (Å²) in [5, 5.41) is 0.133. The van der Waals surface area contributed by atoms with Crippen molar-refractivity contribution in [2.75, 3.05) is 11.9 Å². The first-order valence-electron chi connectivity index (χ1n) is 5.09. The highest BCUT2D eigenvalue weighted by Gasteiger charge is 2.15. The lowest BCUT2D eigenvalue weighted by molar-refractivity contribution is 0.0988. The second-order valence-electron chi connectivity index (χ2n) is 3.57. The Hall–Kier alpha value is -2.01. The molecule has 1 aromatic heterocycles. The summed E-state index contributed by atoms with van der Waals surface area (Å²) in [6, 6.07) is 5.72. The molecule has 4 nitrogen and oxygen atoms in total. The Bertz CT molecular complexity index is 591. The van der Waals surface area contributed by atoms with Gasteiger partial charge in [0.25, 0.3) is 5.91 Å². The van der Waals surface area contributed by atoms with Gasteiger partial charge in [-0.2, -0.15) is 0 Å². The lowest BCUT2D eigenvalue weighted by Crippen LogP contribution is -2.27. The molecular formula is C12H9ClFN3O. The van der Waals surface area contributed by atoms with Gasteiger partial charge in [0.15, 0.2) is 0 Å². The van der Waals surface area contributed by atoms with Crippen molar-refractivity contribution in [3.63, 3.8) is 0 Å². The zero-order valence-corrected chi connectivity index (χ0v) is 10.2. The summed E-state index contributed by atoms with van der Waals surface area (Å²) < 4.78 is 13.1. The van der Waals surface area contributed by atoms with Gasteiger partial charge in [0.2, 0.25) is 0 Å². The predicted octanol–water partition coefficient (Wildman–Crippen LogP) is 2.55. The van der Waals surface area contributed by atoms with Crippen LogP contribution in [-0.4, -0.2) is 22.9 Å². The molecule has 0 aliphatic rings. The third kappa shape index (κ3) is 2.62. The fourth-order valence-electron chi connectivity index (χ4n) is 1.42. The summed E-state index contributed by atoms with van der Waals surface area (Å²) in [4.78, 5) is 21.0. The molecule has 2 rings (SSSR count). The second-order valence-corrected chi connectivity index (χ2v) is 3.96. The Kier molecular flexibility index (Phi) is 3.53. The van der Waals surface area contributed by atoms with Crippen LogP contribution in [0.15, 0.2) is 36.7 Å². The smallest absolute Gasteiger partial charge is 0.278 e. The van der Waals surface area contributed by atoms with Gasteiger partial charge in [-0.15, -0.1) is 0 Å². The quantitative estimate of drug-likeness (QED) is 0.838. The lowest BCUT2D eigenvalue weighted by Gasteiger charge is -2.16. The van der Waals surface area contributed by atoms with Crippen molar-refractivity contribution in [1.82, 2.24) is 9.97 Å². The van der Waals surface area contributed by atoms with Crippen LogP contribution in [-0.2, 0) is 0 Å². The molecule has 0 radical (unpaired) electrons. The molecule has 0 unspecified atom stereocenters. The predicted molar refractivity (Wildman–Crippen MR) is 66.2 cm³/mol. The van der Waals surface area contributed by atoms with Crippen molar-refractivity contribution >= 4 is 23.2 Å². The SMILES string of the molecule is CN(C(=O)c1cncc(Cl)n1)c1cccc(F)c1. The number of carbonyl (C=O) groups is 1. The summed E-state index contributed by atoms with van der Waals surface area (Å²) in [6.45, 7) is 0. The molecule has 0 spiro atoms. The molecule has 0 fully saturated rings. The highest BCUT2D eigenvalue weighted by atomic mass is 35.5. The van der Waals surface area contributed by atoms with E-state index in [1.54, 1.807) is 6.07 Å². The number of halogens is 2. The van der Waals surface area contributed by atoms with Gasteiger partial charge in [0.05, 0.1) is 12.4 Å². The number of rotatable bonds is 2. The zero-order chi connectivity index (χ0) is 13.1. The van der Waals surface area contributed by atoms with E-state index in [0.29, 0.717) is 5.69 Å². The number of hydrogen-bond acceptors (Lipinski definition) is 3. The summed E-state index contributed by atoms with van der Waals surface area (Å²) in [6.07, 6.45) is 2.64. The Morgan fingerprint density at radius 1 is 1.39 bits per heavy atom. The van der Waals surface area contributed by atoms with Crippen molar-refractivity contribution in [3.05, 3.63) is 53.3 Å². The second kappa shape index (κ2) is 5.10. The molecule has 1 aromatic carbocycles. The van der Waals surface area contributed by atoms with Gasteiger partial charge >= 0.3 is 0 Å². The molecule has 18 heavy (non-hydrogen) atoms. The average Bonchev–Trinajstić information content (AvgIpc) is 2.37. The third-order valence-electron chi connectivity index (χ3n) is 2.32. The van der Waals surface area contributed by atoms with Crippen LogP contribution < -0.4 is 4.90 Å². The summed E-state index contributed by atoms with van der Waals surface area (Å²) in [5.74, 6) is -0.820. The van der Waals surface area contributed by atoms with E-state index < -0.39 is 11.7 Å². The minimum absolute atomic E-state index is 0.106. The van der Waals surface area contributed by atoms with Crippen LogP contribution in [0.5, 0.6) is 0 Å². The maximum atomic E-state index is 13.1. The van der Waals surface area contributed by atoms with Crippen LogP contribution in [0, 0.1) is 5.82 Å². The molecule has 0 atom stereocenters. The zero-order valence-electron chi connectivity index (χ0n) is 9.47. The normalized spacial score (nSPS) is 10.2. The molecule has 0 saturated heterocycles. The number of benzene rings is 1. The molecule has 6 heteroatoms. The molecule has 0 saturated carbocycles. The Labute approximate surface area is 108 Å². The number of amides is 1. The number of hydrogen-bond donors (Lipinski definition) is 0. The van der Waals surface area contributed by atoms with Crippen molar-refractivity contribution < 1.29 is 9.18 Å². The van der Waals surface area contributed by atoms with Gasteiger partial charge < -0.3 is 4.90 Å². The first-order valence-corrected chi connectivity index (χ1v) is 5.47. The first-order chi connectivity index (χ1) is 8.58. The standard InChI is InChI=1S/C12H9ClFN3O/c1-17(9-4-2-3-8(14)5-9)12(18)10-6-15-7-11(13)16-10/h2-7H,1H3. The van der Waals surface area contributed by atoms with E-state index in [4.69, 9.17) is 11.6 Å². The maximum Gasteiger partial charge on any atom is 0.278 e. The first kappa shape index (κ1) is 12.4. The summed E-state index contributed by atoms with van der Waals surface area (Å²) in [7, 11) is 1.53. The van der Waals surface area contributed by atoms with E-state index >= 15 is 0 Å². The Balaban J connectivity index is 2.29. The Morgan fingerprint density at radius 3 is 2.83 bits per heavy atom. The van der Waals surface area contributed by atoms with Gasteiger partial charge in [0, 0.05) is 12.7 Å². The fourth-order valence-corrected chi connectivity index (χ4v) is 1.57. The third-order valence-corrected chi connectivity index (χ3v) is 2.51. The molecule has 0 N–H and O–H groups in total. The van der Waals surface area contributed by atoms with E-state index in [0.717, 1.165) is 0 Å². The molecule has 1 amide bonds. The summed E-state index contributed by atoms with van der Waals surface area (Å²) in [5.41, 5.74) is 0.538. The van der Waals surface area contributed by atoms with E-state index in [1.807, 2.05) is 0 Å². The average molecular weight is 266 g/mol. The van der Waals surface area contributed by atoms with Crippen molar-refractivity contribution in [3.8, 4) is 0 Å². The number of aromatic nitrogens is 2. The van der Waals surface area contributed by atoms with E-state index in [9.17, 15) is 9.18 Å². The number of nitrogens with zero attached hydrogens (tertiary/aromatic N) is 3. The minimum Gasteiger partial charge on any atom is -0.310 e. The van der Waals surface area contributed by atoms with Crippen molar-refractivity contribution in [1.29, 1.82) is 0 Å². The molecule has 92 valence electrons. The lowest BCUT2D eigenvalue weighted by atomic mass is 10.2. The van der Waals surface area contributed by atoms with Gasteiger partial charge in [-0.1, -0.05) is 17.7 Å². The van der Waals surface area contributed by atoms with Crippen LogP contribution in [0.4, 0.5) is 10.1 Å². The van der Waals surface area contributed by atoms with Gasteiger partial charge in [-0.3, -0.25) is 9.78 Å². The highest BCUT2D eigenvalue weighted by Crippen LogP contribution is 2.16. The number of anilines is 1. The van der Waals surface area contributed by atoms with Gasteiger partial charge in [-0.25, -0.2) is 9.37 Å². The number of carbonyl (C=O) groups excluding carboxylic acids is 1. The Morgan fingerprint density at radius 2 is 2.17 bits per heavy atom. The largest absolute Gasteiger partial charge is 0.310 e. The summed E-state index contributed by atoms with van der Waals surface area (Å²) >= 11 is 5.66. The monoisotopic (exact) mass is 265 g/mol. The maximum absolute atomic E-state index is 13.1. The minimum atomic E-state index is -0.413. The van der Waals surface area contributed by atoms with Crippen LogP contribution in [0.1, 0.15) is 10.5 Å². The van der Waals surface area contributed by atoms with Crippen LogP contribution >= 0.6 is 11.6 Å². The van der Waals surface area contributed by atoms with Crippen LogP contribution in [0.25, 0.3) is 0 Å². The van der Waals surface area contributed by atoms with Crippen molar-refractivity contribution in [2.45, 2.75) is 0 Å². The molecular weight excluding hydrogens is 257 g/mol. The molecule has 0 bridgehead atoms. The molecule has 0 aliphatic heterocycles. The van der Waals surface area contributed by atoms with E-state index in [2.05, 4.69) is 9.97 Å². The molecule has 2 aromatic rings. The van der Waals surface area contributed by atoms with Gasteiger partial charge in [0.1, 0.15) is 16.7 Å². The van der Waals surface area contributed by atoms with Crippen LogP contribution in [0.3, 0.4) is 0 Å². The highest BCUT2D eigenvalue weighted by molar-refractivity contribution is 6.29. The van der Waals surface area contributed by atoms with E-state index in [-0.39, 0.29) is 10.8 Å². The van der Waals surface area contributed by atoms with Crippen LogP contribution in [0.2, 0.25) is 5.15 Å². The molecule has 1 heterocycles. The van der Waals surface area contributed by atoms with Crippen molar-refractivity contribution in [2.24, 2.45) is 0 Å².